The summed E-state index contributed by atoms with van der Waals surface area (Å²) in [5, 5.41) is 1.12. The summed E-state index contributed by atoms with van der Waals surface area (Å²) in [6.45, 7) is 14.3. The molecule has 30 heavy (non-hydrogen) atoms. The van der Waals surface area contributed by atoms with E-state index in [-0.39, 0.29) is 6.09 Å². The van der Waals surface area contributed by atoms with Gasteiger partial charge in [0.15, 0.2) is 0 Å². The van der Waals surface area contributed by atoms with Crippen molar-refractivity contribution in [1.29, 1.82) is 0 Å². The number of nitrogens with zero attached hydrogens (tertiary/aromatic N) is 1. The van der Waals surface area contributed by atoms with Gasteiger partial charge in [0.25, 0.3) is 0 Å². The van der Waals surface area contributed by atoms with Crippen molar-refractivity contribution in [3.8, 4) is 5.75 Å². The van der Waals surface area contributed by atoms with Gasteiger partial charge in [-0.3, -0.25) is 0 Å². The number of ether oxygens (including phenoxy) is 2. The first-order valence-corrected chi connectivity index (χ1v) is 11.6. The normalized spacial score (nSPS) is 12.9. The fraction of sp³-hybridized carbons (Fsp3) is 0.654. The Morgan fingerprint density at radius 2 is 1.73 bits per heavy atom. The lowest BCUT2D eigenvalue weighted by atomic mass is 9.88. The Kier molecular flexibility index (Phi) is 8.40. The smallest absolute Gasteiger partial charge is 0.419 e. The highest BCUT2D eigenvalue weighted by Gasteiger charge is 2.28. The number of carbonyl (C=O) groups excluding carboxylic acids is 1. The number of aromatic nitrogens is 1. The van der Waals surface area contributed by atoms with E-state index in [1.165, 1.54) is 37.7 Å². The monoisotopic (exact) mass is 415 g/mol. The van der Waals surface area contributed by atoms with Gasteiger partial charge in [0.1, 0.15) is 11.4 Å². The molecule has 1 unspecified atom stereocenters. The molecule has 2 aromatic rings. The largest absolute Gasteiger partial charge is 0.497 e. The summed E-state index contributed by atoms with van der Waals surface area (Å²) in [7, 11) is 1.70. The van der Waals surface area contributed by atoms with Crippen molar-refractivity contribution in [1.82, 2.24) is 4.57 Å². The van der Waals surface area contributed by atoms with Gasteiger partial charge in [0.05, 0.1) is 12.6 Å². The second-order valence-corrected chi connectivity index (χ2v) is 9.46. The third kappa shape index (κ3) is 5.59. The van der Waals surface area contributed by atoms with Crippen LogP contribution in [0.3, 0.4) is 0 Å². The van der Waals surface area contributed by atoms with Gasteiger partial charge < -0.3 is 9.47 Å². The summed E-state index contributed by atoms with van der Waals surface area (Å²) in [6.07, 6.45) is 8.27. The Morgan fingerprint density at radius 3 is 2.30 bits per heavy atom. The van der Waals surface area contributed by atoms with Gasteiger partial charge in [-0.2, -0.15) is 0 Å². The van der Waals surface area contributed by atoms with Crippen LogP contribution in [-0.4, -0.2) is 23.4 Å². The zero-order chi connectivity index (χ0) is 22.5. The van der Waals surface area contributed by atoms with Crippen molar-refractivity contribution in [3.63, 3.8) is 0 Å². The molecule has 0 aliphatic rings. The summed E-state index contributed by atoms with van der Waals surface area (Å²) in [4.78, 5) is 13.2. The zero-order valence-corrected chi connectivity index (χ0v) is 20.4. The minimum absolute atomic E-state index is 0.303. The minimum atomic E-state index is -0.538. The van der Waals surface area contributed by atoms with Crippen LogP contribution >= 0.6 is 0 Å². The summed E-state index contributed by atoms with van der Waals surface area (Å²) in [6, 6.07) is 4.09. The van der Waals surface area contributed by atoms with Gasteiger partial charge in [0, 0.05) is 11.1 Å². The second kappa shape index (κ2) is 10.4. The van der Waals surface area contributed by atoms with Gasteiger partial charge in [-0.15, -0.1) is 0 Å². The second-order valence-electron chi connectivity index (χ2n) is 9.46. The van der Waals surface area contributed by atoms with Crippen LogP contribution in [0.4, 0.5) is 4.79 Å². The fourth-order valence-corrected chi connectivity index (χ4v) is 4.45. The molecular formula is C26H41NO3. The number of unbranched alkanes of at least 4 members (excludes halogenated alkanes) is 4. The SMILES string of the molecule is CCCCCCCC(CC)c1c(C)n(C(=O)OC(C)(C)C)c2c(C)cc(OC)cc12. The van der Waals surface area contributed by atoms with Crippen molar-refractivity contribution in [2.24, 2.45) is 0 Å². The average molecular weight is 416 g/mol. The molecule has 0 radical (unpaired) electrons. The lowest BCUT2D eigenvalue weighted by molar-refractivity contribution is 0.0541. The molecule has 2 rings (SSSR count). The maximum atomic E-state index is 13.2. The van der Waals surface area contributed by atoms with Gasteiger partial charge in [-0.05, 0) is 76.6 Å². The standard InChI is InChI=1S/C26H41NO3/c1-9-11-12-13-14-15-20(10-2)23-19(4)27(25(28)30-26(5,6)7)24-18(3)16-21(29-8)17-22(23)24/h16-17,20H,9-15H2,1-8H3. The van der Waals surface area contributed by atoms with E-state index in [0.717, 1.165) is 40.8 Å². The maximum absolute atomic E-state index is 13.2. The fourth-order valence-electron chi connectivity index (χ4n) is 4.45. The molecule has 0 aliphatic heterocycles. The van der Waals surface area contributed by atoms with Gasteiger partial charge in [0.2, 0.25) is 0 Å². The van der Waals surface area contributed by atoms with Crippen molar-refractivity contribution < 1.29 is 14.3 Å². The molecule has 1 heterocycles. The first kappa shape index (κ1) is 24.3. The van der Waals surface area contributed by atoms with Gasteiger partial charge in [-0.25, -0.2) is 9.36 Å². The van der Waals surface area contributed by atoms with E-state index in [0.29, 0.717) is 5.92 Å². The first-order chi connectivity index (χ1) is 14.1. The van der Waals surface area contributed by atoms with Crippen LogP contribution in [0.1, 0.15) is 102 Å². The van der Waals surface area contributed by atoms with Crippen molar-refractivity contribution in [3.05, 3.63) is 29.0 Å². The summed E-state index contributed by atoms with van der Waals surface area (Å²) in [5.74, 6) is 1.25. The Bertz CT molecular complexity index is 858. The Hall–Kier alpha value is -1.97. The molecule has 4 nitrogen and oxygen atoms in total. The quantitative estimate of drug-likeness (QED) is 0.391. The van der Waals surface area contributed by atoms with Crippen LogP contribution in [0, 0.1) is 13.8 Å². The van der Waals surface area contributed by atoms with Crippen LogP contribution in [0.2, 0.25) is 0 Å². The maximum Gasteiger partial charge on any atom is 0.419 e. The average Bonchev–Trinajstić information content (AvgIpc) is 2.96. The Labute approximate surface area is 182 Å². The van der Waals surface area contributed by atoms with Crippen LogP contribution in [0.15, 0.2) is 12.1 Å². The van der Waals surface area contributed by atoms with E-state index in [1.54, 1.807) is 11.7 Å². The molecule has 0 saturated carbocycles. The van der Waals surface area contributed by atoms with E-state index >= 15 is 0 Å². The van der Waals surface area contributed by atoms with E-state index in [2.05, 4.69) is 26.8 Å². The first-order valence-electron chi connectivity index (χ1n) is 11.6. The lowest BCUT2D eigenvalue weighted by Gasteiger charge is -2.21. The van der Waals surface area contributed by atoms with E-state index < -0.39 is 5.60 Å². The highest BCUT2D eigenvalue weighted by molar-refractivity contribution is 5.96. The topological polar surface area (TPSA) is 40.5 Å². The molecule has 1 aromatic heterocycles. The molecule has 0 bridgehead atoms. The molecule has 1 aromatic carbocycles. The summed E-state index contributed by atoms with van der Waals surface area (Å²) >= 11 is 0. The number of fused-ring (bicyclic) bond motifs is 1. The molecule has 0 aliphatic carbocycles. The minimum Gasteiger partial charge on any atom is -0.497 e. The molecule has 0 N–H and O–H groups in total. The molecule has 168 valence electrons. The number of methoxy groups -OCH3 is 1. The third-order valence-corrected chi connectivity index (χ3v) is 5.88. The van der Waals surface area contributed by atoms with E-state index in [9.17, 15) is 4.79 Å². The molecule has 0 amide bonds. The van der Waals surface area contributed by atoms with E-state index in [4.69, 9.17) is 9.47 Å². The molecule has 0 saturated heterocycles. The van der Waals surface area contributed by atoms with Gasteiger partial charge in [-0.1, -0.05) is 46.0 Å². The Morgan fingerprint density at radius 1 is 1.07 bits per heavy atom. The number of hydrogen-bond acceptors (Lipinski definition) is 3. The van der Waals surface area contributed by atoms with Crippen molar-refractivity contribution in [2.75, 3.05) is 7.11 Å². The Balaban J connectivity index is 2.55. The predicted octanol–water partition coefficient (Wildman–Crippen LogP) is 7.90. The summed E-state index contributed by atoms with van der Waals surface area (Å²) in [5.41, 5.74) is 3.71. The zero-order valence-electron chi connectivity index (χ0n) is 20.4. The third-order valence-electron chi connectivity index (χ3n) is 5.88. The van der Waals surface area contributed by atoms with Crippen LogP contribution in [0.25, 0.3) is 10.9 Å². The molecule has 1 atom stereocenters. The number of benzene rings is 1. The lowest BCUT2D eigenvalue weighted by Crippen LogP contribution is -2.27. The van der Waals surface area contributed by atoms with Gasteiger partial charge >= 0.3 is 6.09 Å². The van der Waals surface area contributed by atoms with Crippen LogP contribution in [0.5, 0.6) is 5.75 Å². The van der Waals surface area contributed by atoms with Crippen molar-refractivity contribution >= 4 is 17.0 Å². The van der Waals surface area contributed by atoms with Crippen molar-refractivity contribution in [2.45, 2.75) is 105 Å². The van der Waals surface area contributed by atoms with Crippen LogP contribution < -0.4 is 4.74 Å². The molecular weight excluding hydrogens is 374 g/mol. The van der Waals surface area contributed by atoms with Crippen LogP contribution in [-0.2, 0) is 4.74 Å². The molecule has 0 spiro atoms. The van der Waals surface area contributed by atoms with E-state index in [1.807, 2.05) is 33.8 Å². The highest BCUT2D eigenvalue weighted by atomic mass is 16.6. The molecule has 4 heteroatoms. The predicted molar refractivity (Wildman–Crippen MR) is 126 cm³/mol. The number of rotatable bonds is 9. The number of aryl methyl sites for hydroxylation is 1. The summed E-state index contributed by atoms with van der Waals surface area (Å²) < 4.78 is 13.1. The number of carbonyl (C=O) groups is 1. The number of hydrogen-bond donors (Lipinski definition) is 0. The highest BCUT2D eigenvalue weighted by Crippen LogP contribution is 2.39. The molecule has 0 fully saturated rings.